The fourth-order valence-corrected chi connectivity index (χ4v) is 3.47. The lowest BCUT2D eigenvalue weighted by Crippen LogP contribution is -2.28. The normalized spacial score (nSPS) is 18.1. The van der Waals surface area contributed by atoms with Crippen LogP contribution in [0.3, 0.4) is 0 Å². The summed E-state index contributed by atoms with van der Waals surface area (Å²) in [5.41, 5.74) is 1.59. The Morgan fingerprint density at radius 1 is 1.07 bits per heavy atom. The maximum atomic E-state index is 12.7. The molecule has 2 aliphatic heterocycles. The monoisotopic (exact) mass is 380 g/mol. The van der Waals surface area contributed by atoms with E-state index in [1.165, 1.54) is 6.92 Å². The Bertz CT molecular complexity index is 956. The minimum absolute atomic E-state index is 0.114. The van der Waals surface area contributed by atoms with Crippen molar-refractivity contribution >= 4 is 29.0 Å². The van der Waals surface area contributed by atoms with Gasteiger partial charge in [0.15, 0.2) is 17.3 Å². The van der Waals surface area contributed by atoms with Crippen LogP contribution in [0.2, 0.25) is 0 Å². The van der Waals surface area contributed by atoms with Gasteiger partial charge in [-0.3, -0.25) is 14.4 Å². The fourth-order valence-electron chi connectivity index (χ4n) is 3.47. The summed E-state index contributed by atoms with van der Waals surface area (Å²) in [6, 6.07) is 12.2. The molecule has 0 unspecified atom stereocenters. The number of carbonyl (C=O) groups is 3. The van der Waals surface area contributed by atoms with E-state index in [4.69, 9.17) is 9.47 Å². The van der Waals surface area contributed by atoms with Gasteiger partial charge in [-0.1, -0.05) is 12.1 Å². The molecule has 1 atom stereocenters. The van der Waals surface area contributed by atoms with E-state index in [1.54, 1.807) is 47.4 Å². The largest absolute Gasteiger partial charge is 0.486 e. The van der Waals surface area contributed by atoms with Crippen LogP contribution in [0, 0.1) is 5.92 Å². The van der Waals surface area contributed by atoms with Gasteiger partial charge in [0.25, 0.3) is 0 Å². The van der Waals surface area contributed by atoms with Crippen LogP contribution in [-0.4, -0.2) is 37.4 Å². The van der Waals surface area contributed by atoms with Crippen LogP contribution < -0.4 is 19.7 Å². The van der Waals surface area contributed by atoms with Crippen LogP contribution in [0.4, 0.5) is 11.4 Å². The third kappa shape index (κ3) is 3.43. The number of amides is 2. The van der Waals surface area contributed by atoms with Crippen LogP contribution in [0.1, 0.15) is 23.7 Å². The quantitative estimate of drug-likeness (QED) is 0.825. The van der Waals surface area contributed by atoms with Crippen LogP contribution in [0.25, 0.3) is 0 Å². The van der Waals surface area contributed by atoms with E-state index < -0.39 is 5.92 Å². The third-order valence-electron chi connectivity index (χ3n) is 4.90. The van der Waals surface area contributed by atoms with Crippen molar-refractivity contribution in [2.45, 2.75) is 13.3 Å². The van der Waals surface area contributed by atoms with Crippen LogP contribution in [0.15, 0.2) is 42.5 Å². The highest BCUT2D eigenvalue weighted by molar-refractivity contribution is 6.07. The number of nitrogens with one attached hydrogen (secondary N) is 1. The first-order valence-electron chi connectivity index (χ1n) is 9.14. The number of ketones is 1. The second kappa shape index (κ2) is 7.34. The summed E-state index contributed by atoms with van der Waals surface area (Å²) in [5.74, 6) is 0.215. The highest BCUT2D eigenvalue weighted by atomic mass is 16.6. The number of nitrogens with zero attached hydrogens (tertiary/aromatic N) is 1. The maximum Gasteiger partial charge on any atom is 0.229 e. The van der Waals surface area contributed by atoms with Gasteiger partial charge in [0.1, 0.15) is 13.2 Å². The van der Waals surface area contributed by atoms with Crippen molar-refractivity contribution in [1.29, 1.82) is 0 Å². The van der Waals surface area contributed by atoms with E-state index in [-0.39, 0.29) is 30.6 Å². The number of ether oxygens (including phenoxy) is 2. The molecule has 0 saturated carbocycles. The van der Waals surface area contributed by atoms with Crippen molar-refractivity contribution in [2.75, 3.05) is 30.0 Å². The molecule has 7 heteroatoms. The third-order valence-corrected chi connectivity index (χ3v) is 4.90. The predicted octanol–water partition coefficient (Wildman–Crippen LogP) is 2.65. The van der Waals surface area contributed by atoms with Gasteiger partial charge >= 0.3 is 0 Å². The molecule has 2 aromatic rings. The van der Waals surface area contributed by atoms with Crippen molar-refractivity contribution in [1.82, 2.24) is 0 Å². The molecule has 144 valence electrons. The lowest BCUT2D eigenvalue weighted by atomic mass is 10.1. The number of rotatable bonds is 4. The first-order chi connectivity index (χ1) is 13.5. The van der Waals surface area contributed by atoms with E-state index in [0.29, 0.717) is 41.7 Å². The topological polar surface area (TPSA) is 84.9 Å². The number of anilines is 2. The van der Waals surface area contributed by atoms with Crippen LogP contribution in [0.5, 0.6) is 11.5 Å². The molecule has 7 nitrogen and oxygen atoms in total. The van der Waals surface area contributed by atoms with Gasteiger partial charge in [-0.15, -0.1) is 0 Å². The summed E-state index contributed by atoms with van der Waals surface area (Å²) in [5, 5.41) is 2.79. The average Bonchev–Trinajstić information content (AvgIpc) is 3.09. The van der Waals surface area contributed by atoms with Crippen LogP contribution >= 0.6 is 0 Å². The lowest BCUT2D eigenvalue weighted by molar-refractivity contribution is -0.122. The highest BCUT2D eigenvalue weighted by Gasteiger charge is 2.36. The standard InChI is InChI=1S/C21H20N2O5/c1-13(24)16-4-2-3-5-17(16)22-21(26)14-10-20(25)23(12-14)15-6-7-18-19(11-15)28-9-8-27-18/h2-7,11,14H,8-10,12H2,1H3,(H,22,26)/t14-/m0/s1. The van der Waals surface area contributed by atoms with Crippen molar-refractivity contribution in [3.63, 3.8) is 0 Å². The Hall–Kier alpha value is -3.35. The number of benzene rings is 2. The zero-order valence-electron chi connectivity index (χ0n) is 15.4. The molecule has 1 saturated heterocycles. The van der Waals surface area contributed by atoms with Crippen molar-refractivity contribution < 1.29 is 23.9 Å². The molecule has 0 spiro atoms. The minimum atomic E-state index is -0.499. The molecule has 2 amide bonds. The van der Waals surface area contributed by atoms with Gasteiger partial charge in [-0.05, 0) is 31.2 Å². The Labute approximate surface area is 162 Å². The molecule has 0 aliphatic carbocycles. The van der Waals surface area contributed by atoms with E-state index in [9.17, 15) is 14.4 Å². The molecule has 2 aromatic carbocycles. The van der Waals surface area contributed by atoms with Gasteiger partial charge < -0.3 is 19.7 Å². The van der Waals surface area contributed by atoms with E-state index in [0.717, 1.165) is 0 Å². The number of fused-ring (bicyclic) bond motifs is 1. The summed E-state index contributed by atoms with van der Waals surface area (Å²) < 4.78 is 11.1. The molecular weight excluding hydrogens is 360 g/mol. The van der Waals surface area contributed by atoms with E-state index in [1.807, 2.05) is 0 Å². The molecular formula is C21H20N2O5. The van der Waals surface area contributed by atoms with Gasteiger partial charge in [0.2, 0.25) is 11.8 Å². The molecule has 0 bridgehead atoms. The summed E-state index contributed by atoms with van der Waals surface area (Å²) in [4.78, 5) is 38.5. The SMILES string of the molecule is CC(=O)c1ccccc1NC(=O)[C@H]1CC(=O)N(c2ccc3c(c2)OCCO3)C1. The molecule has 2 aliphatic rings. The predicted molar refractivity (Wildman–Crippen MR) is 103 cm³/mol. The van der Waals surface area contributed by atoms with E-state index in [2.05, 4.69) is 5.32 Å². The molecule has 2 heterocycles. The number of Topliss-reactive ketones (excluding diaryl/α,β-unsaturated/α-hetero) is 1. The summed E-state index contributed by atoms with van der Waals surface area (Å²) in [6.07, 6.45) is 0.114. The first kappa shape index (κ1) is 18.0. The first-order valence-corrected chi connectivity index (χ1v) is 9.14. The second-order valence-corrected chi connectivity index (χ2v) is 6.82. The van der Waals surface area contributed by atoms with Crippen molar-refractivity contribution in [3.05, 3.63) is 48.0 Å². The van der Waals surface area contributed by atoms with Gasteiger partial charge in [0, 0.05) is 30.3 Å². The number of carbonyl (C=O) groups excluding carboxylic acids is 3. The molecule has 1 fully saturated rings. The van der Waals surface area contributed by atoms with Crippen molar-refractivity contribution in [2.24, 2.45) is 5.92 Å². The van der Waals surface area contributed by atoms with Gasteiger partial charge in [0.05, 0.1) is 11.6 Å². The van der Waals surface area contributed by atoms with E-state index >= 15 is 0 Å². The second-order valence-electron chi connectivity index (χ2n) is 6.82. The van der Waals surface area contributed by atoms with Crippen LogP contribution in [-0.2, 0) is 9.59 Å². The summed E-state index contributed by atoms with van der Waals surface area (Å²) in [6.45, 7) is 2.68. The zero-order chi connectivity index (χ0) is 19.7. The van der Waals surface area contributed by atoms with Gasteiger partial charge in [-0.25, -0.2) is 0 Å². The Kier molecular flexibility index (Phi) is 4.73. The molecule has 0 aromatic heterocycles. The number of hydrogen-bond donors (Lipinski definition) is 1. The Morgan fingerprint density at radius 2 is 1.82 bits per heavy atom. The molecule has 1 N–H and O–H groups in total. The highest BCUT2D eigenvalue weighted by Crippen LogP contribution is 2.36. The molecule has 0 radical (unpaired) electrons. The summed E-state index contributed by atoms with van der Waals surface area (Å²) >= 11 is 0. The van der Waals surface area contributed by atoms with Gasteiger partial charge in [-0.2, -0.15) is 0 Å². The minimum Gasteiger partial charge on any atom is -0.486 e. The Morgan fingerprint density at radius 3 is 2.61 bits per heavy atom. The average molecular weight is 380 g/mol. The van der Waals surface area contributed by atoms with Crippen molar-refractivity contribution in [3.8, 4) is 11.5 Å². The molecule has 28 heavy (non-hydrogen) atoms. The number of para-hydroxylation sites is 1. The zero-order valence-corrected chi connectivity index (χ0v) is 15.4. The number of hydrogen-bond acceptors (Lipinski definition) is 5. The maximum absolute atomic E-state index is 12.7. The summed E-state index contributed by atoms with van der Waals surface area (Å²) in [7, 11) is 0. The smallest absolute Gasteiger partial charge is 0.229 e. The lowest BCUT2D eigenvalue weighted by Gasteiger charge is -2.22. The molecule has 4 rings (SSSR count). The Balaban J connectivity index is 1.49. The fraction of sp³-hybridized carbons (Fsp3) is 0.286.